The number of carbonyl (C=O) groups excluding carboxylic acids is 2. The maximum absolute atomic E-state index is 13.0. The Morgan fingerprint density at radius 2 is 1.25 bits per heavy atom. The molecule has 0 aliphatic heterocycles. The molecule has 0 atom stereocenters. The van der Waals surface area contributed by atoms with E-state index >= 15 is 0 Å². The topological polar surface area (TPSA) is 70.2 Å². The highest BCUT2D eigenvalue weighted by molar-refractivity contribution is 5.94. The molecule has 0 aromatic heterocycles. The molecule has 0 spiro atoms. The smallest absolute Gasteiger partial charge is 0.355 e. The molecule has 0 radical (unpaired) electrons. The van der Waals surface area contributed by atoms with Crippen LogP contribution in [-0.2, 0) is 17.1 Å². The van der Waals surface area contributed by atoms with Gasteiger partial charge in [-0.2, -0.15) is 26.3 Å². The summed E-state index contributed by atoms with van der Waals surface area (Å²) in [6.07, 6.45) is -1.02. The van der Waals surface area contributed by atoms with Crippen LogP contribution in [0.5, 0.6) is 0 Å². The second-order valence-corrected chi connectivity index (χ2v) is 9.91. The minimum Gasteiger partial charge on any atom is -0.355 e. The molecule has 2 saturated carbocycles. The molecule has 0 saturated heterocycles. The summed E-state index contributed by atoms with van der Waals surface area (Å²) in [5.41, 5.74) is -3.71. The van der Waals surface area contributed by atoms with E-state index in [0.29, 0.717) is 24.6 Å². The van der Waals surface area contributed by atoms with E-state index < -0.39 is 35.0 Å². The quantitative estimate of drug-likeness (QED) is 0.407. The van der Waals surface area contributed by atoms with Gasteiger partial charge >= 0.3 is 12.4 Å². The number of benzene rings is 1. The molecular formula is C25H33F6N3O2. The molecule has 11 heteroatoms. The summed E-state index contributed by atoms with van der Waals surface area (Å²) in [6, 6.07) is 1.02. The Balaban J connectivity index is 1.41. The number of hydrogen-bond acceptors (Lipinski definition) is 3. The Bertz CT molecular complexity index is 857. The Morgan fingerprint density at radius 1 is 0.722 bits per heavy atom. The van der Waals surface area contributed by atoms with Gasteiger partial charge in [0.1, 0.15) is 0 Å². The average molecular weight is 522 g/mol. The Hall–Kier alpha value is -2.30. The number of rotatable bonds is 8. The van der Waals surface area contributed by atoms with Crippen LogP contribution in [0.2, 0.25) is 0 Å². The Morgan fingerprint density at radius 3 is 1.81 bits per heavy atom. The number of hydrogen-bond donors (Lipinski definition) is 3. The molecule has 1 aromatic rings. The molecule has 36 heavy (non-hydrogen) atoms. The molecule has 202 valence electrons. The maximum Gasteiger partial charge on any atom is 0.416 e. The van der Waals surface area contributed by atoms with Gasteiger partial charge in [0.2, 0.25) is 5.91 Å². The van der Waals surface area contributed by atoms with Crippen LogP contribution in [0.15, 0.2) is 18.2 Å². The molecule has 3 rings (SSSR count). The molecule has 3 N–H and O–H groups in total. The van der Waals surface area contributed by atoms with E-state index in [0.717, 1.165) is 38.5 Å². The molecule has 2 aliphatic carbocycles. The second kappa shape index (κ2) is 12.3. The van der Waals surface area contributed by atoms with Crippen LogP contribution in [-0.4, -0.2) is 37.5 Å². The van der Waals surface area contributed by atoms with Crippen molar-refractivity contribution in [2.75, 3.05) is 19.6 Å². The summed E-state index contributed by atoms with van der Waals surface area (Å²) in [6.45, 7) is 1.10. The minimum absolute atomic E-state index is 0.00131. The summed E-state index contributed by atoms with van der Waals surface area (Å²) in [7, 11) is 0. The summed E-state index contributed by atoms with van der Waals surface area (Å²) in [5, 5.41) is 8.72. The first-order valence-corrected chi connectivity index (χ1v) is 12.5. The van der Waals surface area contributed by atoms with Gasteiger partial charge in [-0.25, -0.2) is 0 Å². The lowest BCUT2D eigenvalue weighted by atomic mass is 9.86. The first-order valence-electron chi connectivity index (χ1n) is 12.5. The third-order valence-electron chi connectivity index (χ3n) is 7.11. The van der Waals surface area contributed by atoms with Gasteiger partial charge in [-0.1, -0.05) is 19.3 Å². The van der Waals surface area contributed by atoms with Crippen LogP contribution in [0.25, 0.3) is 0 Å². The van der Waals surface area contributed by atoms with Crippen LogP contribution in [0.4, 0.5) is 26.3 Å². The molecule has 1 aromatic carbocycles. The van der Waals surface area contributed by atoms with Gasteiger partial charge in [-0.3, -0.25) is 9.59 Å². The number of carbonyl (C=O) groups is 2. The van der Waals surface area contributed by atoms with Crippen LogP contribution in [0.1, 0.15) is 79.3 Å². The SMILES string of the molecule is O=C(CNC1CCC(CNC(=O)c2cc(C(F)(F)F)cc(C(F)(F)F)c2)CC1)NCC1CCCCC1. The fourth-order valence-corrected chi connectivity index (χ4v) is 4.94. The fourth-order valence-electron chi connectivity index (χ4n) is 4.94. The summed E-state index contributed by atoms with van der Waals surface area (Å²) in [4.78, 5) is 24.5. The van der Waals surface area contributed by atoms with Crippen molar-refractivity contribution in [3.63, 3.8) is 0 Å². The normalized spacial score (nSPS) is 21.7. The van der Waals surface area contributed by atoms with Crippen molar-refractivity contribution < 1.29 is 35.9 Å². The largest absolute Gasteiger partial charge is 0.416 e. The third kappa shape index (κ3) is 8.67. The van der Waals surface area contributed by atoms with Gasteiger partial charge in [0.25, 0.3) is 5.91 Å². The highest BCUT2D eigenvalue weighted by Crippen LogP contribution is 2.36. The Labute approximate surface area is 206 Å². The molecule has 0 heterocycles. The zero-order valence-corrected chi connectivity index (χ0v) is 20.0. The van der Waals surface area contributed by atoms with E-state index in [1.807, 2.05) is 0 Å². The second-order valence-electron chi connectivity index (χ2n) is 9.91. The Kier molecular flexibility index (Phi) is 9.66. The summed E-state index contributed by atoms with van der Waals surface area (Å²) < 4.78 is 78.1. The predicted octanol–water partition coefficient (Wildman–Crippen LogP) is 5.30. The van der Waals surface area contributed by atoms with Gasteiger partial charge in [0, 0.05) is 24.7 Å². The van der Waals surface area contributed by atoms with Crippen molar-refractivity contribution in [1.29, 1.82) is 0 Å². The van der Waals surface area contributed by atoms with E-state index in [2.05, 4.69) is 16.0 Å². The van der Waals surface area contributed by atoms with E-state index in [1.165, 1.54) is 19.3 Å². The predicted molar refractivity (Wildman–Crippen MR) is 122 cm³/mol. The number of alkyl halides is 6. The monoisotopic (exact) mass is 521 g/mol. The van der Waals surface area contributed by atoms with E-state index in [4.69, 9.17) is 0 Å². The van der Waals surface area contributed by atoms with Gasteiger partial charge in [-0.05, 0) is 68.6 Å². The first-order chi connectivity index (χ1) is 16.9. The molecule has 0 bridgehead atoms. The zero-order valence-electron chi connectivity index (χ0n) is 20.0. The van der Waals surface area contributed by atoms with Gasteiger partial charge in [0.15, 0.2) is 0 Å². The van der Waals surface area contributed by atoms with Crippen molar-refractivity contribution >= 4 is 11.8 Å². The molecule has 2 amide bonds. The third-order valence-corrected chi connectivity index (χ3v) is 7.11. The molecular weight excluding hydrogens is 488 g/mol. The maximum atomic E-state index is 13.0. The highest BCUT2D eigenvalue weighted by Gasteiger charge is 2.37. The van der Waals surface area contributed by atoms with E-state index in [9.17, 15) is 35.9 Å². The fraction of sp³-hybridized carbons (Fsp3) is 0.680. The standard InChI is InChI=1S/C25H33F6N3O2/c26-24(27,28)19-10-18(11-20(12-19)25(29,30)31)23(36)34-14-17-6-8-21(9-7-17)32-15-22(35)33-13-16-4-2-1-3-5-16/h10-12,16-17,21,32H,1-9,13-15H2,(H,33,35)(H,34,36). The lowest BCUT2D eigenvalue weighted by Crippen LogP contribution is -2.43. The molecule has 2 fully saturated rings. The average Bonchev–Trinajstić information content (AvgIpc) is 2.84. The lowest BCUT2D eigenvalue weighted by Gasteiger charge is -2.29. The zero-order chi connectivity index (χ0) is 26.3. The van der Waals surface area contributed by atoms with Crippen molar-refractivity contribution in [3.8, 4) is 0 Å². The highest BCUT2D eigenvalue weighted by atomic mass is 19.4. The minimum atomic E-state index is -5.01. The van der Waals surface area contributed by atoms with Gasteiger partial charge in [-0.15, -0.1) is 0 Å². The van der Waals surface area contributed by atoms with Crippen molar-refractivity contribution in [3.05, 3.63) is 34.9 Å². The van der Waals surface area contributed by atoms with E-state index in [1.54, 1.807) is 0 Å². The molecule has 0 unspecified atom stereocenters. The lowest BCUT2D eigenvalue weighted by molar-refractivity contribution is -0.143. The van der Waals surface area contributed by atoms with Crippen LogP contribution < -0.4 is 16.0 Å². The number of amides is 2. The van der Waals surface area contributed by atoms with Crippen molar-refractivity contribution in [2.24, 2.45) is 11.8 Å². The number of nitrogens with one attached hydrogen (secondary N) is 3. The van der Waals surface area contributed by atoms with Crippen molar-refractivity contribution in [2.45, 2.75) is 76.2 Å². The first kappa shape index (κ1) is 28.3. The molecule has 5 nitrogen and oxygen atoms in total. The summed E-state index contributed by atoms with van der Waals surface area (Å²) in [5.74, 6) is -0.389. The van der Waals surface area contributed by atoms with Crippen LogP contribution >= 0.6 is 0 Å². The molecule has 2 aliphatic rings. The van der Waals surface area contributed by atoms with Crippen LogP contribution in [0, 0.1) is 11.8 Å². The van der Waals surface area contributed by atoms with Gasteiger partial charge in [0.05, 0.1) is 17.7 Å². The van der Waals surface area contributed by atoms with Crippen LogP contribution in [0.3, 0.4) is 0 Å². The number of halogens is 6. The van der Waals surface area contributed by atoms with E-state index in [-0.39, 0.29) is 37.0 Å². The van der Waals surface area contributed by atoms with Crippen molar-refractivity contribution in [1.82, 2.24) is 16.0 Å². The van der Waals surface area contributed by atoms with Gasteiger partial charge < -0.3 is 16.0 Å². The summed E-state index contributed by atoms with van der Waals surface area (Å²) >= 11 is 0.